The zero-order chi connectivity index (χ0) is 14.2. The van der Waals surface area contributed by atoms with Crippen LogP contribution in [0.15, 0.2) is 18.3 Å². The van der Waals surface area contributed by atoms with Crippen molar-refractivity contribution in [3.63, 3.8) is 0 Å². The molecular weight excluding hydrogens is 258 g/mol. The molecule has 1 saturated heterocycles. The molecule has 1 aliphatic rings. The molecule has 1 fully saturated rings. The maximum Gasteiger partial charge on any atom is 0.341 e. The summed E-state index contributed by atoms with van der Waals surface area (Å²) in [6.45, 7) is 5.43. The lowest BCUT2D eigenvalue weighted by atomic mass is 10.2. The van der Waals surface area contributed by atoms with Crippen molar-refractivity contribution in [2.75, 3.05) is 51.8 Å². The molecule has 0 saturated carbocycles. The Kier molecular flexibility index (Phi) is 5.76. The van der Waals surface area contributed by atoms with Gasteiger partial charge in [-0.1, -0.05) is 0 Å². The first-order valence-corrected chi connectivity index (χ1v) is 6.88. The van der Waals surface area contributed by atoms with Crippen LogP contribution in [0.5, 0.6) is 0 Å². The number of methoxy groups -OCH3 is 1. The topological polar surface area (TPSA) is 63.7 Å². The van der Waals surface area contributed by atoms with Crippen LogP contribution < -0.4 is 5.32 Å². The van der Waals surface area contributed by atoms with Crippen LogP contribution in [0.2, 0.25) is 0 Å². The van der Waals surface area contributed by atoms with E-state index in [2.05, 4.69) is 15.2 Å². The number of aromatic nitrogens is 1. The van der Waals surface area contributed by atoms with Gasteiger partial charge in [0, 0.05) is 25.8 Å². The van der Waals surface area contributed by atoms with Gasteiger partial charge in [0.2, 0.25) is 0 Å². The molecular formula is C14H21N3O3. The normalized spacial score (nSPS) is 15.8. The summed E-state index contributed by atoms with van der Waals surface area (Å²) in [5, 5.41) is 3.20. The number of nitrogens with zero attached hydrogens (tertiary/aromatic N) is 2. The Hall–Kier alpha value is -1.66. The van der Waals surface area contributed by atoms with Gasteiger partial charge in [-0.05, 0) is 25.1 Å². The predicted octanol–water partition coefficient (Wildman–Crippen LogP) is 1.00. The number of nitrogens with one attached hydrogen (secondary N) is 1. The van der Waals surface area contributed by atoms with Gasteiger partial charge >= 0.3 is 5.97 Å². The summed E-state index contributed by atoms with van der Waals surface area (Å²) >= 11 is 0. The Morgan fingerprint density at radius 3 is 3.05 bits per heavy atom. The number of esters is 1. The molecule has 0 bridgehead atoms. The molecule has 110 valence electrons. The van der Waals surface area contributed by atoms with E-state index in [0.717, 1.165) is 45.8 Å². The first-order valence-electron chi connectivity index (χ1n) is 6.88. The summed E-state index contributed by atoms with van der Waals surface area (Å²) in [5.41, 5.74) is 0.473. The number of anilines is 1. The predicted molar refractivity (Wildman–Crippen MR) is 75.9 cm³/mol. The molecule has 6 nitrogen and oxygen atoms in total. The lowest BCUT2D eigenvalue weighted by Crippen LogP contribution is -2.37. The van der Waals surface area contributed by atoms with Crippen molar-refractivity contribution < 1.29 is 14.3 Å². The molecule has 1 aromatic rings. The Morgan fingerprint density at radius 2 is 2.30 bits per heavy atom. The first kappa shape index (κ1) is 14.7. The zero-order valence-electron chi connectivity index (χ0n) is 11.8. The number of carbonyl (C=O) groups excluding carboxylic acids is 1. The molecule has 1 N–H and O–H groups in total. The second kappa shape index (κ2) is 7.81. The molecule has 0 radical (unpaired) electrons. The molecule has 0 aliphatic carbocycles. The van der Waals surface area contributed by atoms with Crippen LogP contribution in [0.3, 0.4) is 0 Å². The summed E-state index contributed by atoms with van der Waals surface area (Å²) in [5.74, 6) is 0.218. The number of ether oxygens (including phenoxy) is 2. The molecule has 0 aromatic carbocycles. The summed E-state index contributed by atoms with van der Waals surface area (Å²) < 4.78 is 10.0. The fourth-order valence-corrected chi connectivity index (χ4v) is 2.16. The Labute approximate surface area is 119 Å². The van der Waals surface area contributed by atoms with E-state index in [1.807, 2.05) is 0 Å². The van der Waals surface area contributed by atoms with Crippen LogP contribution in [0.25, 0.3) is 0 Å². The molecule has 0 amide bonds. The number of carbonyl (C=O) groups is 1. The van der Waals surface area contributed by atoms with E-state index in [1.54, 1.807) is 18.3 Å². The highest BCUT2D eigenvalue weighted by molar-refractivity contribution is 5.94. The van der Waals surface area contributed by atoms with Crippen molar-refractivity contribution in [2.45, 2.75) is 6.42 Å². The Morgan fingerprint density at radius 1 is 1.50 bits per heavy atom. The van der Waals surface area contributed by atoms with Gasteiger partial charge in [-0.2, -0.15) is 0 Å². The van der Waals surface area contributed by atoms with Crippen molar-refractivity contribution in [2.24, 2.45) is 0 Å². The SMILES string of the molecule is COC(=O)c1cccnc1NCCCN1CCOCC1. The van der Waals surface area contributed by atoms with E-state index < -0.39 is 0 Å². The minimum absolute atomic E-state index is 0.367. The maximum atomic E-state index is 11.6. The lowest BCUT2D eigenvalue weighted by Gasteiger charge is -2.26. The minimum Gasteiger partial charge on any atom is -0.465 e. The molecule has 0 spiro atoms. The smallest absolute Gasteiger partial charge is 0.341 e. The highest BCUT2D eigenvalue weighted by Crippen LogP contribution is 2.12. The quantitative estimate of drug-likeness (QED) is 0.619. The maximum absolute atomic E-state index is 11.6. The Bertz CT molecular complexity index is 433. The van der Waals surface area contributed by atoms with Crippen LogP contribution in [0.4, 0.5) is 5.82 Å². The second-order valence-corrected chi connectivity index (χ2v) is 4.63. The van der Waals surface area contributed by atoms with Crippen LogP contribution in [0, 0.1) is 0 Å². The number of hydrogen-bond acceptors (Lipinski definition) is 6. The lowest BCUT2D eigenvalue weighted by molar-refractivity contribution is 0.0378. The third kappa shape index (κ3) is 4.18. The standard InChI is InChI=1S/C14H21N3O3/c1-19-14(18)12-4-2-5-15-13(12)16-6-3-7-17-8-10-20-11-9-17/h2,4-5H,3,6-11H2,1H3,(H,15,16). The van der Waals surface area contributed by atoms with E-state index in [0.29, 0.717) is 11.4 Å². The fraction of sp³-hybridized carbons (Fsp3) is 0.571. The summed E-state index contributed by atoms with van der Waals surface area (Å²) in [6.07, 6.45) is 2.66. The number of pyridine rings is 1. The van der Waals surface area contributed by atoms with Gasteiger partial charge in [-0.3, -0.25) is 4.90 Å². The van der Waals surface area contributed by atoms with Crippen molar-refractivity contribution in [3.05, 3.63) is 23.9 Å². The number of hydrogen-bond donors (Lipinski definition) is 1. The average Bonchev–Trinajstić information content (AvgIpc) is 2.52. The average molecular weight is 279 g/mol. The van der Waals surface area contributed by atoms with Crippen LogP contribution >= 0.6 is 0 Å². The number of rotatable bonds is 6. The van der Waals surface area contributed by atoms with Gasteiger partial charge in [0.15, 0.2) is 0 Å². The Balaban J connectivity index is 1.77. The van der Waals surface area contributed by atoms with E-state index >= 15 is 0 Å². The third-order valence-electron chi connectivity index (χ3n) is 3.26. The molecule has 1 aromatic heterocycles. The van der Waals surface area contributed by atoms with Gasteiger partial charge in [-0.25, -0.2) is 9.78 Å². The van der Waals surface area contributed by atoms with Gasteiger partial charge in [0.05, 0.1) is 20.3 Å². The van der Waals surface area contributed by atoms with Gasteiger partial charge < -0.3 is 14.8 Å². The van der Waals surface area contributed by atoms with E-state index in [9.17, 15) is 4.79 Å². The largest absolute Gasteiger partial charge is 0.465 e. The summed E-state index contributed by atoms with van der Waals surface area (Å²) in [6, 6.07) is 3.44. The van der Waals surface area contributed by atoms with E-state index in [4.69, 9.17) is 9.47 Å². The zero-order valence-corrected chi connectivity index (χ0v) is 11.8. The van der Waals surface area contributed by atoms with Crippen molar-refractivity contribution in [1.29, 1.82) is 0 Å². The molecule has 20 heavy (non-hydrogen) atoms. The molecule has 0 unspecified atom stereocenters. The summed E-state index contributed by atoms with van der Waals surface area (Å²) in [7, 11) is 1.37. The van der Waals surface area contributed by atoms with E-state index in [1.165, 1.54) is 7.11 Å². The third-order valence-corrected chi connectivity index (χ3v) is 3.26. The van der Waals surface area contributed by atoms with Crippen LogP contribution in [0.1, 0.15) is 16.8 Å². The van der Waals surface area contributed by atoms with Crippen molar-refractivity contribution >= 4 is 11.8 Å². The van der Waals surface area contributed by atoms with Crippen LogP contribution in [-0.4, -0.2) is 62.4 Å². The molecule has 1 aliphatic heterocycles. The first-order chi connectivity index (χ1) is 9.81. The van der Waals surface area contributed by atoms with Gasteiger partial charge in [-0.15, -0.1) is 0 Å². The monoisotopic (exact) mass is 279 g/mol. The molecule has 0 atom stereocenters. The van der Waals surface area contributed by atoms with Crippen LogP contribution in [-0.2, 0) is 9.47 Å². The van der Waals surface area contributed by atoms with Gasteiger partial charge in [0.1, 0.15) is 11.4 Å². The molecule has 2 rings (SSSR count). The fourth-order valence-electron chi connectivity index (χ4n) is 2.16. The number of morpholine rings is 1. The second-order valence-electron chi connectivity index (χ2n) is 4.63. The highest BCUT2D eigenvalue weighted by atomic mass is 16.5. The minimum atomic E-state index is -0.367. The molecule has 6 heteroatoms. The van der Waals surface area contributed by atoms with E-state index in [-0.39, 0.29) is 5.97 Å². The highest BCUT2D eigenvalue weighted by Gasteiger charge is 2.12. The van der Waals surface area contributed by atoms with Crippen molar-refractivity contribution in [1.82, 2.24) is 9.88 Å². The van der Waals surface area contributed by atoms with Crippen molar-refractivity contribution in [3.8, 4) is 0 Å². The molecule has 2 heterocycles. The van der Waals surface area contributed by atoms with Gasteiger partial charge in [0.25, 0.3) is 0 Å². The summed E-state index contributed by atoms with van der Waals surface area (Å²) in [4.78, 5) is 18.2.